The second-order valence-corrected chi connectivity index (χ2v) is 11.3. The van der Waals surface area contributed by atoms with Crippen molar-refractivity contribution < 1.29 is 34.1 Å². The van der Waals surface area contributed by atoms with E-state index in [1.54, 1.807) is 0 Å². The molecule has 0 aliphatic carbocycles. The Balaban J connectivity index is 1.74. The van der Waals surface area contributed by atoms with E-state index in [2.05, 4.69) is 43.4 Å². The number of amides is 1. The van der Waals surface area contributed by atoms with Gasteiger partial charge < -0.3 is 25.0 Å². The van der Waals surface area contributed by atoms with E-state index in [9.17, 15) is 19.5 Å². The minimum atomic E-state index is -1.72. The summed E-state index contributed by atoms with van der Waals surface area (Å²) in [4.78, 5) is 35.7. The van der Waals surface area contributed by atoms with Crippen LogP contribution in [0.4, 0.5) is 0 Å². The Morgan fingerprint density at radius 3 is 1.95 bits per heavy atom. The van der Waals surface area contributed by atoms with Gasteiger partial charge in [-0.05, 0) is 93.2 Å². The summed E-state index contributed by atoms with van der Waals surface area (Å²) in [6.45, 7) is 5.85. The maximum Gasteiger partial charge on any atom is 0.336 e. The Morgan fingerprint density at radius 2 is 1.33 bits per heavy atom. The maximum absolute atomic E-state index is 12.9. The fourth-order valence-electron chi connectivity index (χ4n) is 4.62. The number of nitrogens with one attached hydrogen (secondary N) is 1. The van der Waals surface area contributed by atoms with Crippen LogP contribution in [0.3, 0.4) is 0 Å². The summed E-state index contributed by atoms with van der Waals surface area (Å²) >= 11 is 6.19. The number of hydrogen-bond acceptors (Lipinski definition) is 5. The molecule has 0 aliphatic heterocycles. The number of aryl methyl sites for hydroxylation is 5. The topological polar surface area (TPSA) is 122 Å². The van der Waals surface area contributed by atoms with E-state index < -0.39 is 36.7 Å². The van der Waals surface area contributed by atoms with Crippen molar-refractivity contribution in [2.24, 2.45) is 0 Å². The summed E-state index contributed by atoms with van der Waals surface area (Å²) < 4.78 is 10.7. The SMILES string of the molecule is Cc1ccc(CCCCCOC(C(=O)NCCCCCCCc2ccc(C)c(Cl)c2)C(OCC(=O)O)C(=O)O)cc1C. The van der Waals surface area contributed by atoms with Gasteiger partial charge in [0.05, 0.1) is 0 Å². The zero-order chi connectivity index (χ0) is 30.9. The number of rotatable bonds is 21. The van der Waals surface area contributed by atoms with Gasteiger partial charge in [0, 0.05) is 18.2 Å². The fraction of sp³-hybridized carbons (Fsp3) is 0.545. The number of carbonyl (C=O) groups excluding carboxylic acids is 1. The van der Waals surface area contributed by atoms with E-state index in [1.807, 2.05) is 19.1 Å². The number of unbranched alkanes of at least 4 members (excludes halogenated alkanes) is 6. The average molecular weight is 604 g/mol. The molecule has 2 aromatic rings. The molecule has 0 radical (unpaired) electrons. The Labute approximate surface area is 254 Å². The molecule has 0 aliphatic rings. The molecule has 3 N–H and O–H groups in total. The molecular weight excluding hydrogens is 558 g/mol. The maximum atomic E-state index is 12.9. The first-order chi connectivity index (χ1) is 20.1. The van der Waals surface area contributed by atoms with E-state index >= 15 is 0 Å². The number of halogens is 1. The molecule has 0 saturated carbocycles. The van der Waals surface area contributed by atoms with E-state index in [-0.39, 0.29) is 6.61 Å². The first kappa shape index (κ1) is 35.3. The second-order valence-electron chi connectivity index (χ2n) is 10.9. The number of carboxylic acids is 2. The van der Waals surface area contributed by atoms with Crippen molar-refractivity contribution in [1.82, 2.24) is 5.32 Å². The molecule has 42 heavy (non-hydrogen) atoms. The minimum absolute atomic E-state index is 0.164. The molecule has 2 unspecified atom stereocenters. The lowest BCUT2D eigenvalue weighted by atomic mass is 10.0. The van der Waals surface area contributed by atoms with Gasteiger partial charge in [-0.3, -0.25) is 4.79 Å². The molecule has 232 valence electrons. The van der Waals surface area contributed by atoms with Crippen LogP contribution in [0.2, 0.25) is 5.02 Å². The zero-order valence-corrected chi connectivity index (χ0v) is 25.9. The normalized spacial score (nSPS) is 12.6. The van der Waals surface area contributed by atoms with Crippen LogP contribution in [0, 0.1) is 20.8 Å². The lowest BCUT2D eigenvalue weighted by Gasteiger charge is -2.23. The van der Waals surface area contributed by atoms with Gasteiger partial charge in [-0.15, -0.1) is 0 Å². The van der Waals surface area contributed by atoms with Crippen LogP contribution >= 0.6 is 11.6 Å². The first-order valence-electron chi connectivity index (χ1n) is 14.8. The highest BCUT2D eigenvalue weighted by atomic mass is 35.5. The minimum Gasteiger partial charge on any atom is -0.480 e. The Hall–Kier alpha value is -2.94. The lowest BCUT2D eigenvalue weighted by Crippen LogP contribution is -2.49. The van der Waals surface area contributed by atoms with E-state index in [1.165, 1.54) is 22.3 Å². The number of carboxylic acid groups (broad SMARTS) is 2. The highest BCUT2D eigenvalue weighted by Crippen LogP contribution is 2.19. The third-order valence-electron chi connectivity index (χ3n) is 7.32. The van der Waals surface area contributed by atoms with Crippen molar-refractivity contribution >= 4 is 29.4 Å². The number of benzene rings is 2. The van der Waals surface area contributed by atoms with Crippen molar-refractivity contribution in [1.29, 1.82) is 0 Å². The van der Waals surface area contributed by atoms with Crippen LogP contribution < -0.4 is 5.32 Å². The van der Waals surface area contributed by atoms with Gasteiger partial charge >= 0.3 is 11.9 Å². The van der Waals surface area contributed by atoms with Crippen LogP contribution in [0.15, 0.2) is 36.4 Å². The quantitative estimate of drug-likeness (QED) is 0.145. The van der Waals surface area contributed by atoms with Gasteiger partial charge in [0.25, 0.3) is 5.91 Å². The summed E-state index contributed by atoms with van der Waals surface area (Å²) in [5, 5.41) is 22.1. The summed E-state index contributed by atoms with van der Waals surface area (Å²) in [7, 11) is 0. The Kier molecular flexibility index (Phi) is 16.2. The van der Waals surface area contributed by atoms with Crippen molar-refractivity contribution in [2.75, 3.05) is 19.8 Å². The summed E-state index contributed by atoms with van der Waals surface area (Å²) in [6, 6.07) is 12.6. The summed E-state index contributed by atoms with van der Waals surface area (Å²) in [6.07, 6.45) is 5.90. The molecular formula is C33H46ClNO7. The van der Waals surface area contributed by atoms with Crippen LogP contribution in [0.1, 0.15) is 79.2 Å². The highest BCUT2D eigenvalue weighted by Gasteiger charge is 2.36. The van der Waals surface area contributed by atoms with Gasteiger partial charge in [-0.1, -0.05) is 67.6 Å². The predicted octanol–water partition coefficient (Wildman–Crippen LogP) is 6.23. The van der Waals surface area contributed by atoms with Crippen LogP contribution in [0.25, 0.3) is 0 Å². The highest BCUT2D eigenvalue weighted by molar-refractivity contribution is 6.31. The third kappa shape index (κ3) is 13.4. The molecule has 2 atom stereocenters. The van der Waals surface area contributed by atoms with E-state index in [4.69, 9.17) is 26.2 Å². The predicted molar refractivity (Wildman–Crippen MR) is 164 cm³/mol. The van der Waals surface area contributed by atoms with Gasteiger partial charge in [0.2, 0.25) is 0 Å². The molecule has 0 heterocycles. The molecule has 0 saturated heterocycles. The summed E-state index contributed by atoms with van der Waals surface area (Å²) in [5.74, 6) is -3.38. The first-order valence-corrected chi connectivity index (χ1v) is 15.2. The fourth-order valence-corrected chi connectivity index (χ4v) is 4.82. The largest absolute Gasteiger partial charge is 0.480 e. The Morgan fingerprint density at radius 1 is 0.738 bits per heavy atom. The Bertz CT molecular complexity index is 1150. The van der Waals surface area contributed by atoms with Crippen molar-refractivity contribution in [2.45, 2.75) is 97.2 Å². The van der Waals surface area contributed by atoms with Crippen LogP contribution in [0.5, 0.6) is 0 Å². The smallest absolute Gasteiger partial charge is 0.336 e. The van der Waals surface area contributed by atoms with Crippen molar-refractivity contribution in [3.05, 3.63) is 69.2 Å². The van der Waals surface area contributed by atoms with Crippen LogP contribution in [-0.2, 0) is 36.7 Å². The zero-order valence-electron chi connectivity index (χ0n) is 25.1. The molecule has 0 aromatic heterocycles. The molecule has 0 bridgehead atoms. The molecule has 0 fully saturated rings. The monoisotopic (exact) mass is 603 g/mol. The molecule has 8 nitrogen and oxygen atoms in total. The standard InChI is InChI=1S/C33H46ClNO7/c1-23-14-16-26(20-25(23)3)12-9-7-11-19-41-30(31(33(39)40)42-22-29(36)37)32(38)35-18-10-6-4-5-8-13-27-17-15-24(2)28(34)21-27/h14-17,20-21,30-31H,4-13,18-19,22H2,1-3H3,(H,35,38)(H,36,37)(H,39,40). The third-order valence-corrected chi connectivity index (χ3v) is 7.73. The van der Waals surface area contributed by atoms with Crippen molar-refractivity contribution in [3.8, 4) is 0 Å². The van der Waals surface area contributed by atoms with Crippen molar-refractivity contribution in [3.63, 3.8) is 0 Å². The van der Waals surface area contributed by atoms with E-state index in [0.29, 0.717) is 13.0 Å². The second kappa shape index (κ2) is 19.3. The molecule has 2 rings (SSSR count). The molecule has 2 aromatic carbocycles. The number of carbonyl (C=O) groups is 3. The van der Waals surface area contributed by atoms with Gasteiger partial charge in [0.1, 0.15) is 6.61 Å². The molecule has 1 amide bonds. The van der Waals surface area contributed by atoms with Crippen LogP contribution in [-0.4, -0.2) is 60.0 Å². The number of ether oxygens (including phenoxy) is 2. The molecule has 0 spiro atoms. The molecule has 9 heteroatoms. The van der Waals surface area contributed by atoms with Gasteiger partial charge in [0.15, 0.2) is 12.2 Å². The van der Waals surface area contributed by atoms with E-state index in [0.717, 1.165) is 68.4 Å². The number of hydrogen-bond donors (Lipinski definition) is 3. The lowest BCUT2D eigenvalue weighted by molar-refractivity contribution is -0.172. The average Bonchev–Trinajstić information content (AvgIpc) is 2.94. The van der Waals surface area contributed by atoms with Gasteiger partial charge in [-0.2, -0.15) is 0 Å². The van der Waals surface area contributed by atoms with Gasteiger partial charge in [-0.25, -0.2) is 9.59 Å². The number of aliphatic carboxylic acids is 2. The summed E-state index contributed by atoms with van der Waals surface area (Å²) in [5.41, 5.74) is 6.08.